The summed E-state index contributed by atoms with van der Waals surface area (Å²) in [7, 11) is 0. The third-order valence-corrected chi connectivity index (χ3v) is 6.55. The van der Waals surface area contributed by atoms with Gasteiger partial charge in [-0.25, -0.2) is 9.59 Å². The number of nitrogens with one attached hydrogen (secondary N) is 1. The number of anilines is 1. The number of carbonyl (C=O) groups excluding carboxylic acids is 3. The van der Waals surface area contributed by atoms with Crippen LogP contribution in [-0.2, 0) is 20.4 Å². The molecule has 2 rings (SSSR count). The molecule has 1 atom stereocenters. The zero-order valence-corrected chi connectivity index (χ0v) is 20.2. The Kier molecular flexibility index (Phi) is 8.10. The molecule has 176 valence electrons. The molecule has 0 fully saturated rings. The molecule has 0 spiro atoms. The molecule has 0 saturated carbocycles. The second-order valence-corrected chi connectivity index (χ2v) is 8.37. The van der Waals surface area contributed by atoms with Gasteiger partial charge in [0, 0.05) is 0 Å². The van der Waals surface area contributed by atoms with Crippen LogP contribution in [0.3, 0.4) is 0 Å². The Hall–Kier alpha value is -2.41. The number of rotatable bonds is 7. The maximum absolute atomic E-state index is 13.2. The summed E-state index contributed by atoms with van der Waals surface area (Å²) in [6, 6.07) is -1.16. The van der Waals surface area contributed by atoms with Gasteiger partial charge in [0.05, 0.1) is 28.9 Å². The predicted octanol–water partition coefficient (Wildman–Crippen LogP) is 4.90. The number of nitrogens with zero attached hydrogens (tertiary/aromatic N) is 2. The van der Waals surface area contributed by atoms with Gasteiger partial charge < -0.3 is 14.8 Å². The van der Waals surface area contributed by atoms with Gasteiger partial charge in [0.15, 0.2) is 5.69 Å². The van der Waals surface area contributed by atoms with Crippen molar-refractivity contribution in [2.45, 2.75) is 46.8 Å². The van der Waals surface area contributed by atoms with Crippen LogP contribution < -0.4 is 5.32 Å². The Morgan fingerprint density at radius 2 is 1.72 bits per heavy atom. The Bertz CT molecular complexity index is 1050. The number of halogens is 4. The van der Waals surface area contributed by atoms with E-state index < -0.39 is 35.8 Å². The normalized spacial score (nSPS) is 12.4. The summed E-state index contributed by atoms with van der Waals surface area (Å²) in [4.78, 5) is 37.6. The highest BCUT2D eigenvalue weighted by molar-refractivity contribution is 9.10. The molecule has 1 unspecified atom stereocenters. The second kappa shape index (κ2) is 10.0. The van der Waals surface area contributed by atoms with Crippen molar-refractivity contribution in [3.05, 3.63) is 31.9 Å². The Morgan fingerprint density at radius 1 is 1.16 bits per heavy atom. The first-order valence-electron chi connectivity index (χ1n) is 9.45. The monoisotopic (exact) mass is 539 g/mol. The summed E-state index contributed by atoms with van der Waals surface area (Å²) in [5.41, 5.74) is -0.805. The van der Waals surface area contributed by atoms with Crippen LogP contribution in [0, 0.1) is 13.8 Å². The van der Waals surface area contributed by atoms with Gasteiger partial charge in [-0.2, -0.15) is 18.3 Å². The lowest BCUT2D eigenvalue weighted by molar-refractivity contribution is -0.142. The van der Waals surface area contributed by atoms with Crippen molar-refractivity contribution >= 4 is 50.1 Å². The minimum Gasteiger partial charge on any atom is -0.462 e. The lowest BCUT2D eigenvalue weighted by Crippen LogP contribution is -2.26. The smallest absolute Gasteiger partial charge is 0.436 e. The molecule has 1 N–H and O–H groups in total. The van der Waals surface area contributed by atoms with Gasteiger partial charge >= 0.3 is 18.1 Å². The predicted molar refractivity (Wildman–Crippen MR) is 114 cm³/mol. The van der Waals surface area contributed by atoms with Crippen LogP contribution in [0.4, 0.5) is 18.2 Å². The zero-order chi connectivity index (χ0) is 24.4. The maximum atomic E-state index is 13.2. The van der Waals surface area contributed by atoms with E-state index in [0.717, 1.165) is 16.0 Å². The molecule has 0 aromatic carbocycles. The van der Waals surface area contributed by atoms with Gasteiger partial charge in [0.25, 0.3) is 0 Å². The highest BCUT2D eigenvalue weighted by atomic mass is 79.9. The topological polar surface area (TPSA) is 99.5 Å². The average molecular weight is 540 g/mol. The minimum absolute atomic E-state index is 0.0187. The third-order valence-electron chi connectivity index (χ3n) is 4.42. The van der Waals surface area contributed by atoms with Crippen molar-refractivity contribution in [1.29, 1.82) is 0 Å². The molecule has 8 nitrogen and oxygen atoms in total. The van der Waals surface area contributed by atoms with Gasteiger partial charge in [0.2, 0.25) is 5.91 Å². The zero-order valence-electron chi connectivity index (χ0n) is 17.8. The van der Waals surface area contributed by atoms with Crippen LogP contribution in [-0.4, -0.2) is 40.8 Å². The van der Waals surface area contributed by atoms with Crippen LogP contribution in [0.15, 0.2) is 4.47 Å². The molecular weight excluding hydrogens is 519 g/mol. The van der Waals surface area contributed by atoms with Crippen molar-refractivity contribution in [2.24, 2.45) is 0 Å². The van der Waals surface area contributed by atoms with Gasteiger partial charge in [-0.15, -0.1) is 11.3 Å². The molecule has 2 heterocycles. The molecule has 2 aromatic rings. The lowest BCUT2D eigenvalue weighted by Gasteiger charge is -2.14. The number of hydrogen-bond donors (Lipinski definition) is 1. The molecule has 0 aliphatic rings. The molecule has 1 amide bonds. The van der Waals surface area contributed by atoms with E-state index in [2.05, 4.69) is 26.3 Å². The number of hydrogen-bond acceptors (Lipinski definition) is 7. The summed E-state index contributed by atoms with van der Waals surface area (Å²) in [6.07, 6.45) is -4.71. The highest BCUT2D eigenvalue weighted by Crippen LogP contribution is 2.37. The molecule has 0 bridgehead atoms. The van der Waals surface area contributed by atoms with E-state index >= 15 is 0 Å². The first kappa shape index (κ1) is 25.8. The van der Waals surface area contributed by atoms with Crippen LogP contribution in [0.25, 0.3) is 0 Å². The number of thiophene rings is 1. The number of esters is 2. The number of amides is 1. The summed E-state index contributed by atoms with van der Waals surface area (Å²) in [5.74, 6) is -2.16. The van der Waals surface area contributed by atoms with E-state index in [4.69, 9.17) is 9.47 Å². The highest BCUT2D eigenvalue weighted by Gasteiger charge is 2.39. The van der Waals surface area contributed by atoms with E-state index in [1.54, 1.807) is 13.8 Å². The summed E-state index contributed by atoms with van der Waals surface area (Å²) in [6.45, 7) is 7.65. The first-order chi connectivity index (χ1) is 14.8. The molecule has 0 aliphatic heterocycles. The van der Waals surface area contributed by atoms with Crippen molar-refractivity contribution < 1.29 is 37.0 Å². The summed E-state index contributed by atoms with van der Waals surface area (Å²) >= 11 is 3.69. The minimum atomic E-state index is -4.71. The van der Waals surface area contributed by atoms with Crippen LogP contribution in [0.1, 0.15) is 63.8 Å². The Morgan fingerprint density at radius 3 is 2.22 bits per heavy atom. The second-order valence-electron chi connectivity index (χ2n) is 6.56. The van der Waals surface area contributed by atoms with Gasteiger partial charge in [-0.1, -0.05) is 0 Å². The van der Waals surface area contributed by atoms with E-state index in [0.29, 0.717) is 0 Å². The number of alkyl halides is 3. The van der Waals surface area contributed by atoms with Crippen LogP contribution >= 0.6 is 27.3 Å². The fourth-order valence-electron chi connectivity index (χ4n) is 2.83. The van der Waals surface area contributed by atoms with Gasteiger partial charge in [-0.05, 0) is 56.1 Å². The standard InChI is InChI=1S/C19H21BrF3N3O5S/c1-6-30-17(28)11-8(3)13(18(29)31-7-2)32-16(11)24-15(27)10(5)26-9(4)12(20)14(25-26)19(21,22)23/h10H,6-7H2,1-5H3,(H,24,27). The molecule has 32 heavy (non-hydrogen) atoms. The quantitative estimate of drug-likeness (QED) is 0.502. The number of aromatic nitrogens is 2. The van der Waals surface area contributed by atoms with E-state index in [9.17, 15) is 27.6 Å². The number of carbonyl (C=O) groups is 3. The molecule has 0 aliphatic carbocycles. The van der Waals surface area contributed by atoms with Crippen LogP contribution in [0.5, 0.6) is 0 Å². The molecule has 2 aromatic heterocycles. The third kappa shape index (κ3) is 5.14. The maximum Gasteiger partial charge on any atom is 0.436 e. The van der Waals surface area contributed by atoms with E-state index in [-0.39, 0.29) is 44.4 Å². The van der Waals surface area contributed by atoms with Crippen molar-refractivity contribution in [3.8, 4) is 0 Å². The largest absolute Gasteiger partial charge is 0.462 e. The van der Waals surface area contributed by atoms with Gasteiger partial charge in [0.1, 0.15) is 15.9 Å². The van der Waals surface area contributed by atoms with E-state index in [1.165, 1.54) is 20.8 Å². The molecule has 0 saturated heterocycles. The van der Waals surface area contributed by atoms with Crippen molar-refractivity contribution in [3.63, 3.8) is 0 Å². The van der Waals surface area contributed by atoms with E-state index in [1.807, 2.05) is 0 Å². The lowest BCUT2D eigenvalue weighted by atomic mass is 10.1. The fourth-order valence-corrected chi connectivity index (χ4v) is 4.40. The average Bonchev–Trinajstić information content (AvgIpc) is 3.18. The molecule has 0 radical (unpaired) electrons. The number of ether oxygens (including phenoxy) is 2. The Balaban J connectivity index is 2.43. The van der Waals surface area contributed by atoms with Crippen molar-refractivity contribution in [2.75, 3.05) is 18.5 Å². The molecule has 13 heteroatoms. The van der Waals surface area contributed by atoms with Crippen LogP contribution in [0.2, 0.25) is 0 Å². The first-order valence-corrected chi connectivity index (χ1v) is 11.1. The SMILES string of the molecule is CCOC(=O)c1sc(NC(=O)C(C)n2nc(C(F)(F)F)c(Br)c2C)c(C(=O)OCC)c1C. The fraction of sp³-hybridized carbons (Fsp3) is 0.474. The Labute approximate surface area is 194 Å². The summed E-state index contributed by atoms with van der Waals surface area (Å²) < 4.78 is 50.1. The van der Waals surface area contributed by atoms with Gasteiger partial charge in [-0.3, -0.25) is 9.48 Å². The molecular formula is C19H21BrF3N3O5S. The summed E-state index contributed by atoms with van der Waals surface area (Å²) in [5, 5.41) is 6.07. The van der Waals surface area contributed by atoms with Crippen molar-refractivity contribution in [1.82, 2.24) is 9.78 Å².